The minimum Gasteiger partial charge on any atom is -0.476 e. The van der Waals surface area contributed by atoms with Gasteiger partial charge in [0.2, 0.25) is 0 Å². The Kier molecular flexibility index (Phi) is 4.03. The van der Waals surface area contributed by atoms with Crippen LogP contribution in [0.25, 0.3) is 0 Å². The van der Waals surface area contributed by atoms with Crippen molar-refractivity contribution in [2.75, 3.05) is 7.05 Å². The summed E-state index contributed by atoms with van der Waals surface area (Å²) < 4.78 is 1.51. The molecule has 0 spiro atoms. The first-order valence-electron chi connectivity index (χ1n) is 5.15. The number of allylic oxidation sites excluding steroid dienone is 2. The molecule has 92 valence electrons. The van der Waals surface area contributed by atoms with Gasteiger partial charge in [0.25, 0.3) is 0 Å². The summed E-state index contributed by atoms with van der Waals surface area (Å²) >= 11 is 0. The van der Waals surface area contributed by atoms with Crippen LogP contribution < -0.4 is 5.32 Å². The van der Waals surface area contributed by atoms with Crippen LogP contribution >= 0.6 is 0 Å². The molecule has 6 nitrogen and oxygen atoms in total. The zero-order valence-electron chi connectivity index (χ0n) is 10.1. The molecule has 0 aromatic carbocycles. The second-order valence-corrected chi connectivity index (χ2v) is 3.74. The fourth-order valence-corrected chi connectivity index (χ4v) is 1.32. The summed E-state index contributed by atoms with van der Waals surface area (Å²) in [5.41, 5.74) is 1.96. The van der Waals surface area contributed by atoms with Crippen molar-refractivity contribution in [2.24, 2.45) is 0 Å². The topological polar surface area (TPSA) is 91.0 Å². The van der Waals surface area contributed by atoms with E-state index >= 15 is 0 Å². The minimum absolute atomic E-state index is 0.00428. The van der Waals surface area contributed by atoms with Crippen molar-refractivity contribution in [3.63, 3.8) is 0 Å². The number of carbonyl (C=O) groups is 1. The zero-order chi connectivity index (χ0) is 13.0. The molecule has 0 aliphatic rings. The Bertz CT molecular complexity index is 474. The van der Waals surface area contributed by atoms with Crippen LogP contribution in [0.15, 0.2) is 17.8 Å². The molecule has 1 heterocycles. The highest BCUT2D eigenvalue weighted by atomic mass is 16.4. The van der Waals surface area contributed by atoms with E-state index in [1.807, 2.05) is 6.92 Å². The quantitative estimate of drug-likeness (QED) is 0.666. The highest BCUT2D eigenvalue weighted by Crippen LogP contribution is 2.04. The predicted octanol–water partition coefficient (Wildman–Crippen LogP) is 1.03. The van der Waals surface area contributed by atoms with Gasteiger partial charge in [0.15, 0.2) is 5.69 Å². The lowest BCUT2D eigenvalue weighted by atomic mass is 10.3. The molecular weight excluding hydrogens is 220 g/mol. The standard InChI is InChI=1S/C11H16N4O2/c1-7(13-3)4-9(12)6-15-8(2)5-10(14-15)11(16)17/h4-5,12-13H,6H2,1-3H3,(H,16,17)/b7-4-,12-9?. The SMILES string of the molecule is CN/C(C)=C\C(=N)Cn1nc(C(=O)O)cc1C. The summed E-state index contributed by atoms with van der Waals surface area (Å²) in [6.07, 6.45) is 1.68. The second-order valence-electron chi connectivity index (χ2n) is 3.74. The molecule has 0 atom stereocenters. The Balaban J connectivity index is 2.82. The van der Waals surface area contributed by atoms with E-state index in [0.29, 0.717) is 5.71 Å². The highest BCUT2D eigenvalue weighted by Gasteiger charge is 2.10. The molecule has 17 heavy (non-hydrogen) atoms. The van der Waals surface area contributed by atoms with E-state index in [1.165, 1.54) is 10.7 Å². The van der Waals surface area contributed by atoms with Crippen molar-refractivity contribution in [1.29, 1.82) is 5.41 Å². The van der Waals surface area contributed by atoms with Crippen LogP contribution in [-0.4, -0.2) is 33.6 Å². The van der Waals surface area contributed by atoms with Gasteiger partial charge in [0.1, 0.15) is 0 Å². The van der Waals surface area contributed by atoms with Gasteiger partial charge in [-0.05, 0) is 26.0 Å². The molecule has 0 saturated heterocycles. The lowest BCUT2D eigenvalue weighted by Crippen LogP contribution is -2.13. The predicted molar refractivity (Wildman–Crippen MR) is 64.5 cm³/mol. The molecule has 3 N–H and O–H groups in total. The smallest absolute Gasteiger partial charge is 0.356 e. The van der Waals surface area contributed by atoms with E-state index in [1.54, 1.807) is 20.0 Å². The molecule has 0 fully saturated rings. The summed E-state index contributed by atoms with van der Waals surface area (Å²) in [5.74, 6) is -1.06. The first-order valence-corrected chi connectivity index (χ1v) is 5.15. The van der Waals surface area contributed by atoms with E-state index in [9.17, 15) is 4.79 Å². The molecule has 0 amide bonds. The number of aromatic carboxylic acids is 1. The van der Waals surface area contributed by atoms with Gasteiger partial charge in [0, 0.05) is 18.4 Å². The molecule has 0 bridgehead atoms. The van der Waals surface area contributed by atoms with Crippen LogP contribution in [-0.2, 0) is 6.54 Å². The molecule has 0 saturated carbocycles. The Morgan fingerprint density at radius 1 is 1.71 bits per heavy atom. The van der Waals surface area contributed by atoms with Gasteiger partial charge < -0.3 is 15.8 Å². The van der Waals surface area contributed by atoms with Crippen molar-refractivity contribution in [3.8, 4) is 0 Å². The summed E-state index contributed by atoms with van der Waals surface area (Å²) in [6, 6.07) is 1.49. The van der Waals surface area contributed by atoms with Gasteiger partial charge in [-0.3, -0.25) is 4.68 Å². The van der Waals surface area contributed by atoms with Crippen LogP contribution in [0.4, 0.5) is 0 Å². The third-order valence-electron chi connectivity index (χ3n) is 2.31. The van der Waals surface area contributed by atoms with E-state index in [2.05, 4.69) is 10.4 Å². The van der Waals surface area contributed by atoms with E-state index in [0.717, 1.165) is 11.4 Å². The maximum absolute atomic E-state index is 10.7. The summed E-state index contributed by atoms with van der Waals surface area (Å²) in [5, 5.41) is 23.4. The Labute approximate surface area is 99.5 Å². The monoisotopic (exact) mass is 236 g/mol. The Morgan fingerprint density at radius 3 is 2.82 bits per heavy atom. The lowest BCUT2D eigenvalue weighted by Gasteiger charge is -2.04. The van der Waals surface area contributed by atoms with Gasteiger partial charge in [-0.1, -0.05) is 0 Å². The average Bonchev–Trinajstić information content (AvgIpc) is 2.60. The third kappa shape index (κ3) is 3.44. The number of hydrogen-bond donors (Lipinski definition) is 3. The fraction of sp³-hybridized carbons (Fsp3) is 0.364. The van der Waals surface area contributed by atoms with Gasteiger partial charge in [-0.25, -0.2) is 4.79 Å². The molecule has 1 aromatic rings. The molecule has 1 aromatic heterocycles. The van der Waals surface area contributed by atoms with Gasteiger partial charge in [-0.2, -0.15) is 5.10 Å². The van der Waals surface area contributed by atoms with Gasteiger partial charge in [0.05, 0.1) is 12.3 Å². The lowest BCUT2D eigenvalue weighted by molar-refractivity contribution is 0.0689. The largest absolute Gasteiger partial charge is 0.476 e. The summed E-state index contributed by atoms with van der Waals surface area (Å²) in [6.45, 7) is 3.88. The second kappa shape index (κ2) is 5.29. The summed E-state index contributed by atoms with van der Waals surface area (Å²) in [7, 11) is 1.78. The maximum atomic E-state index is 10.7. The minimum atomic E-state index is -1.06. The van der Waals surface area contributed by atoms with Crippen LogP contribution in [0.2, 0.25) is 0 Å². The summed E-state index contributed by atoms with van der Waals surface area (Å²) in [4.78, 5) is 10.7. The van der Waals surface area contributed by atoms with Crippen LogP contribution in [0, 0.1) is 12.3 Å². The van der Waals surface area contributed by atoms with Gasteiger partial charge >= 0.3 is 5.97 Å². The number of nitrogens with one attached hydrogen (secondary N) is 2. The molecular formula is C11H16N4O2. The average molecular weight is 236 g/mol. The van der Waals surface area contributed by atoms with E-state index in [-0.39, 0.29) is 12.2 Å². The zero-order valence-corrected chi connectivity index (χ0v) is 10.1. The number of aromatic nitrogens is 2. The van der Waals surface area contributed by atoms with Gasteiger partial charge in [-0.15, -0.1) is 0 Å². The molecule has 0 aliphatic heterocycles. The van der Waals surface area contributed by atoms with Crippen LogP contribution in [0.5, 0.6) is 0 Å². The van der Waals surface area contributed by atoms with Crippen LogP contribution in [0.3, 0.4) is 0 Å². The number of rotatable bonds is 5. The number of aryl methyl sites for hydroxylation is 1. The van der Waals surface area contributed by atoms with Crippen molar-refractivity contribution in [2.45, 2.75) is 20.4 Å². The van der Waals surface area contributed by atoms with E-state index in [4.69, 9.17) is 10.5 Å². The molecule has 6 heteroatoms. The third-order valence-corrected chi connectivity index (χ3v) is 2.31. The first-order chi connectivity index (χ1) is 7.93. The fourth-order valence-electron chi connectivity index (χ4n) is 1.32. The normalized spacial score (nSPS) is 11.4. The first kappa shape index (κ1) is 13.0. The number of hydrogen-bond acceptors (Lipinski definition) is 4. The van der Waals surface area contributed by atoms with Crippen LogP contribution in [0.1, 0.15) is 23.1 Å². The van der Waals surface area contributed by atoms with Crippen molar-refractivity contribution in [3.05, 3.63) is 29.2 Å². The van der Waals surface area contributed by atoms with Crippen molar-refractivity contribution < 1.29 is 9.90 Å². The molecule has 0 unspecified atom stereocenters. The number of nitrogens with zero attached hydrogens (tertiary/aromatic N) is 2. The van der Waals surface area contributed by atoms with Crippen molar-refractivity contribution >= 4 is 11.7 Å². The van der Waals surface area contributed by atoms with E-state index < -0.39 is 5.97 Å². The molecule has 0 radical (unpaired) electrons. The number of carboxylic acid groups (broad SMARTS) is 1. The maximum Gasteiger partial charge on any atom is 0.356 e. The Morgan fingerprint density at radius 2 is 2.35 bits per heavy atom. The Hall–Kier alpha value is -2.11. The number of carboxylic acids is 1. The molecule has 0 aliphatic carbocycles. The molecule has 1 rings (SSSR count). The van der Waals surface area contributed by atoms with Crippen molar-refractivity contribution in [1.82, 2.24) is 15.1 Å². The highest BCUT2D eigenvalue weighted by molar-refractivity contribution is 5.92.